The van der Waals surface area contributed by atoms with E-state index in [1.54, 1.807) is 0 Å². The van der Waals surface area contributed by atoms with Gasteiger partial charge < -0.3 is 9.47 Å². The quantitative estimate of drug-likeness (QED) is 0.812. The van der Waals surface area contributed by atoms with E-state index in [2.05, 4.69) is 9.46 Å². The van der Waals surface area contributed by atoms with Crippen molar-refractivity contribution >= 4 is 27.6 Å². The monoisotopic (exact) mass is 293 g/mol. The van der Waals surface area contributed by atoms with Gasteiger partial charge in [-0.15, -0.1) is 0 Å². The Morgan fingerprint density at radius 2 is 2.06 bits per heavy atom. The van der Waals surface area contributed by atoms with Crippen LogP contribution in [-0.2, 0) is 19.6 Å². The molecule has 1 rings (SSSR count). The number of esters is 1. The third-order valence-electron chi connectivity index (χ3n) is 2.07. The van der Waals surface area contributed by atoms with Crippen molar-refractivity contribution in [3.8, 4) is 5.75 Å². The van der Waals surface area contributed by atoms with E-state index < -0.39 is 22.5 Å². The van der Waals surface area contributed by atoms with Crippen molar-refractivity contribution in [3.63, 3.8) is 0 Å². The Morgan fingerprint density at radius 1 is 1.39 bits per heavy atom. The Hall–Kier alpha value is -1.31. The first-order chi connectivity index (χ1) is 8.40. The molecule has 0 amide bonds. The van der Waals surface area contributed by atoms with Gasteiger partial charge in [0.2, 0.25) is 10.0 Å². The summed E-state index contributed by atoms with van der Waals surface area (Å²) in [6, 6.07) is 3.99. The molecule has 0 radical (unpaired) electrons. The maximum absolute atomic E-state index is 11.8. The first-order valence-electron chi connectivity index (χ1n) is 4.80. The van der Waals surface area contributed by atoms with E-state index in [1.807, 2.05) is 0 Å². The van der Waals surface area contributed by atoms with Crippen LogP contribution in [0, 0.1) is 0 Å². The molecule has 18 heavy (non-hydrogen) atoms. The van der Waals surface area contributed by atoms with Crippen LogP contribution in [-0.4, -0.2) is 35.2 Å². The van der Waals surface area contributed by atoms with Gasteiger partial charge in [0, 0.05) is 0 Å². The van der Waals surface area contributed by atoms with E-state index in [4.69, 9.17) is 16.3 Å². The summed E-state index contributed by atoms with van der Waals surface area (Å²) in [6.07, 6.45) is 0. The lowest BCUT2D eigenvalue weighted by atomic mass is 10.3. The molecule has 0 unspecified atom stereocenters. The minimum atomic E-state index is -3.80. The lowest BCUT2D eigenvalue weighted by molar-refractivity contribution is -0.139. The molecule has 0 aromatic heterocycles. The van der Waals surface area contributed by atoms with Gasteiger partial charge in [-0.1, -0.05) is 11.6 Å². The summed E-state index contributed by atoms with van der Waals surface area (Å²) >= 11 is 5.82. The number of carbonyl (C=O) groups excluding carboxylic acids is 1. The third kappa shape index (κ3) is 3.59. The minimum Gasteiger partial charge on any atom is -0.495 e. The molecular formula is C10H12ClNO5S. The predicted octanol–water partition coefficient (Wildman–Crippen LogP) is 0.800. The van der Waals surface area contributed by atoms with Gasteiger partial charge in [0.1, 0.15) is 12.3 Å². The number of benzene rings is 1. The van der Waals surface area contributed by atoms with Crippen molar-refractivity contribution in [1.82, 2.24) is 4.72 Å². The molecule has 1 N–H and O–H groups in total. The highest BCUT2D eigenvalue weighted by Crippen LogP contribution is 2.26. The van der Waals surface area contributed by atoms with Crippen LogP contribution in [0.15, 0.2) is 23.1 Å². The van der Waals surface area contributed by atoms with E-state index in [1.165, 1.54) is 32.4 Å². The van der Waals surface area contributed by atoms with Crippen LogP contribution in [0.2, 0.25) is 5.02 Å². The molecule has 0 aliphatic rings. The topological polar surface area (TPSA) is 81.7 Å². The number of halogens is 1. The van der Waals surface area contributed by atoms with Crippen molar-refractivity contribution in [1.29, 1.82) is 0 Å². The maximum Gasteiger partial charge on any atom is 0.320 e. The molecule has 0 aliphatic heterocycles. The van der Waals surface area contributed by atoms with Gasteiger partial charge in [-0.2, -0.15) is 4.72 Å². The van der Waals surface area contributed by atoms with E-state index in [-0.39, 0.29) is 9.92 Å². The lowest BCUT2D eigenvalue weighted by Crippen LogP contribution is -2.30. The Morgan fingerprint density at radius 3 is 2.56 bits per heavy atom. The zero-order valence-electron chi connectivity index (χ0n) is 9.77. The van der Waals surface area contributed by atoms with E-state index >= 15 is 0 Å². The van der Waals surface area contributed by atoms with Gasteiger partial charge in [-0.05, 0) is 18.2 Å². The first kappa shape index (κ1) is 14.7. The van der Waals surface area contributed by atoms with Gasteiger partial charge in [0.25, 0.3) is 0 Å². The predicted molar refractivity (Wildman–Crippen MR) is 65.2 cm³/mol. The van der Waals surface area contributed by atoms with Crippen molar-refractivity contribution in [3.05, 3.63) is 23.2 Å². The van der Waals surface area contributed by atoms with E-state index in [9.17, 15) is 13.2 Å². The zero-order valence-corrected chi connectivity index (χ0v) is 11.3. The van der Waals surface area contributed by atoms with Gasteiger partial charge in [-0.25, -0.2) is 8.42 Å². The molecule has 0 spiro atoms. The summed E-state index contributed by atoms with van der Waals surface area (Å²) in [7, 11) is -1.21. The number of carbonyl (C=O) groups is 1. The average molecular weight is 294 g/mol. The molecule has 0 aliphatic carbocycles. The van der Waals surface area contributed by atoms with Crippen LogP contribution in [0.25, 0.3) is 0 Å². The Labute approximate surface area is 110 Å². The van der Waals surface area contributed by atoms with Crippen molar-refractivity contribution in [2.24, 2.45) is 0 Å². The highest BCUT2D eigenvalue weighted by Gasteiger charge is 2.17. The van der Waals surface area contributed by atoms with Gasteiger partial charge >= 0.3 is 5.97 Å². The van der Waals surface area contributed by atoms with Crippen LogP contribution in [0.4, 0.5) is 0 Å². The zero-order chi connectivity index (χ0) is 13.8. The van der Waals surface area contributed by atoms with Crippen LogP contribution in [0.5, 0.6) is 5.75 Å². The van der Waals surface area contributed by atoms with Crippen LogP contribution < -0.4 is 9.46 Å². The fourth-order valence-electron chi connectivity index (χ4n) is 1.12. The van der Waals surface area contributed by atoms with E-state index in [0.717, 1.165) is 0 Å². The summed E-state index contributed by atoms with van der Waals surface area (Å²) in [5.74, 6) is -0.318. The van der Waals surface area contributed by atoms with Crippen molar-refractivity contribution < 1.29 is 22.7 Å². The number of nitrogens with one attached hydrogen (secondary N) is 1. The summed E-state index contributed by atoms with van der Waals surface area (Å²) in [4.78, 5) is 10.8. The molecule has 0 atom stereocenters. The molecule has 1 aromatic rings. The van der Waals surface area contributed by atoms with Gasteiger partial charge in [0.05, 0.1) is 24.1 Å². The molecule has 8 heteroatoms. The standard InChI is InChI=1S/C10H12ClNO5S/c1-16-9-4-3-7(5-8(9)11)18(14,15)12-6-10(13)17-2/h3-5,12H,6H2,1-2H3. The summed E-state index contributed by atoms with van der Waals surface area (Å²) < 4.78 is 34.9. The summed E-state index contributed by atoms with van der Waals surface area (Å²) in [5.41, 5.74) is 0. The smallest absolute Gasteiger partial charge is 0.320 e. The number of methoxy groups -OCH3 is 2. The number of sulfonamides is 1. The molecule has 100 valence electrons. The molecule has 6 nitrogen and oxygen atoms in total. The third-order valence-corrected chi connectivity index (χ3v) is 3.76. The Kier molecular flexibility index (Phi) is 4.94. The van der Waals surface area contributed by atoms with Crippen molar-refractivity contribution in [2.45, 2.75) is 4.90 Å². The first-order valence-corrected chi connectivity index (χ1v) is 6.67. The lowest BCUT2D eigenvalue weighted by Gasteiger charge is -2.08. The van der Waals surface area contributed by atoms with Crippen LogP contribution in [0.1, 0.15) is 0 Å². The van der Waals surface area contributed by atoms with E-state index in [0.29, 0.717) is 5.75 Å². The largest absolute Gasteiger partial charge is 0.495 e. The van der Waals surface area contributed by atoms with Gasteiger partial charge in [0.15, 0.2) is 0 Å². The van der Waals surface area contributed by atoms with Crippen LogP contribution >= 0.6 is 11.6 Å². The molecular weight excluding hydrogens is 282 g/mol. The Balaban J connectivity index is 2.92. The molecule has 0 saturated carbocycles. The summed E-state index contributed by atoms with van der Waals surface area (Å²) in [5, 5.41) is 0.165. The number of hydrogen-bond donors (Lipinski definition) is 1. The minimum absolute atomic E-state index is 0.0581. The number of ether oxygens (including phenoxy) is 2. The molecule has 0 bridgehead atoms. The molecule has 0 fully saturated rings. The second-order valence-corrected chi connectivity index (χ2v) is 5.37. The second-order valence-electron chi connectivity index (χ2n) is 3.20. The number of rotatable bonds is 5. The maximum atomic E-state index is 11.8. The number of hydrogen-bond acceptors (Lipinski definition) is 5. The van der Waals surface area contributed by atoms with Gasteiger partial charge in [-0.3, -0.25) is 4.79 Å². The average Bonchev–Trinajstić information content (AvgIpc) is 2.35. The molecule has 0 heterocycles. The molecule has 1 aromatic carbocycles. The summed E-state index contributed by atoms with van der Waals surface area (Å²) in [6.45, 7) is -0.442. The second kappa shape index (κ2) is 6.03. The Bertz CT molecular complexity index is 543. The highest BCUT2D eigenvalue weighted by molar-refractivity contribution is 7.89. The highest BCUT2D eigenvalue weighted by atomic mass is 35.5. The SMILES string of the molecule is COC(=O)CNS(=O)(=O)c1ccc(OC)c(Cl)c1. The van der Waals surface area contributed by atoms with Crippen LogP contribution in [0.3, 0.4) is 0 Å². The molecule has 0 saturated heterocycles. The normalized spacial score (nSPS) is 11.1. The fourth-order valence-corrected chi connectivity index (χ4v) is 2.44. The van der Waals surface area contributed by atoms with Crippen molar-refractivity contribution in [2.75, 3.05) is 20.8 Å². The fraction of sp³-hybridized carbons (Fsp3) is 0.300.